The van der Waals surface area contributed by atoms with Crippen LogP contribution >= 0.6 is 35.0 Å². The first-order valence-electron chi connectivity index (χ1n) is 6.91. The monoisotopic (exact) mass is 423 g/mol. The fourth-order valence-corrected chi connectivity index (χ4v) is 3.10. The van der Waals surface area contributed by atoms with Crippen molar-refractivity contribution < 1.29 is 4.79 Å². The summed E-state index contributed by atoms with van der Waals surface area (Å²) in [5, 5.41) is 2.98. The van der Waals surface area contributed by atoms with Crippen LogP contribution in [0.3, 0.4) is 0 Å². The number of nitrogens with zero attached hydrogens (tertiary/aromatic N) is 1. The summed E-state index contributed by atoms with van der Waals surface area (Å²) in [6.45, 7) is 6.53. The molecule has 2 rings (SSSR count). The molecule has 1 aliphatic heterocycles. The lowest BCUT2D eigenvalue weighted by atomic mass is 9.80. The van der Waals surface area contributed by atoms with Crippen molar-refractivity contribution in [2.75, 3.05) is 25.0 Å². The number of halogens is 2. The summed E-state index contributed by atoms with van der Waals surface area (Å²) >= 11 is 2.23. The van der Waals surface area contributed by atoms with Crippen LogP contribution < -0.4 is 11.1 Å². The van der Waals surface area contributed by atoms with Crippen molar-refractivity contribution in [3.05, 3.63) is 27.8 Å². The summed E-state index contributed by atoms with van der Waals surface area (Å²) in [5.41, 5.74) is 7.07. The lowest BCUT2D eigenvalue weighted by Crippen LogP contribution is -2.53. The zero-order valence-corrected chi connectivity index (χ0v) is 15.4. The van der Waals surface area contributed by atoms with Crippen molar-refractivity contribution >= 4 is 46.6 Å². The topological polar surface area (TPSA) is 58.4 Å². The van der Waals surface area contributed by atoms with Gasteiger partial charge in [0.25, 0.3) is 0 Å². The van der Waals surface area contributed by atoms with E-state index >= 15 is 0 Å². The Bertz CT molecular complexity index is 496. The van der Waals surface area contributed by atoms with E-state index in [1.54, 1.807) is 0 Å². The van der Waals surface area contributed by atoms with Crippen LogP contribution in [-0.4, -0.2) is 36.5 Å². The second-order valence-corrected chi connectivity index (χ2v) is 7.28. The Labute approximate surface area is 146 Å². The Morgan fingerprint density at radius 1 is 1.48 bits per heavy atom. The van der Waals surface area contributed by atoms with Gasteiger partial charge < -0.3 is 11.1 Å². The fraction of sp³-hybridized carbons (Fsp3) is 0.533. The van der Waals surface area contributed by atoms with E-state index in [1.807, 2.05) is 24.3 Å². The third-order valence-corrected chi connectivity index (χ3v) is 4.85. The number of carbonyl (C=O) groups is 1. The van der Waals surface area contributed by atoms with Gasteiger partial charge in [0.2, 0.25) is 5.91 Å². The second-order valence-electron chi connectivity index (χ2n) is 6.12. The Morgan fingerprint density at radius 3 is 2.76 bits per heavy atom. The highest BCUT2D eigenvalue weighted by Crippen LogP contribution is 2.27. The number of hydrogen-bond donors (Lipinski definition) is 2. The molecule has 21 heavy (non-hydrogen) atoms. The van der Waals surface area contributed by atoms with E-state index < -0.39 is 0 Å². The molecule has 1 heterocycles. The molecular weight excluding hydrogens is 401 g/mol. The highest BCUT2D eigenvalue weighted by Gasteiger charge is 2.33. The van der Waals surface area contributed by atoms with Gasteiger partial charge in [-0.05, 0) is 46.6 Å². The van der Waals surface area contributed by atoms with Crippen molar-refractivity contribution in [3.63, 3.8) is 0 Å². The van der Waals surface area contributed by atoms with E-state index in [2.05, 4.69) is 46.7 Å². The van der Waals surface area contributed by atoms with Gasteiger partial charge in [0.05, 0.1) is 12.2 Å². The molecule has 1 saturated heterocycles. The number of carbonyl (C=O) groups excluding carboxylic acids is 1. The molecule has 0 saturated carbocycles. The van der Waals surface area contributed by atoms with Crippen LogP contribution in [0.2, 0.25) is 0 Å². The molecule has 1 atom stereocenters. The van der Waals surface area contributed by atoms with Crippen molar-refractivity contribution in [3.8, 4) is 0 Å². The smallest absolute Gasteiger partial charge is 0.238 e. The van der Waals surface area contributed by atoms with Crippen molar-refractivity contribution in [1.29, 1.82) is 0 Å². The summed E-state index contributed by atoms with van der Waals surface area (Å²) < 4.78 is 1.06. The zero-order chi connectivity index (χ0) is 14.8. The molecule has 0 spiro atoms. The normalized spacial score (nSPS) is 21.4. The number of nitrogens with two attached hydrogens (primary N) is 1. The lowest BCUT2D eigenvalue weighted by Gasteiger charge is -2.42. The van der Waals surface area contributed by atoms with E-state index in [0.717, 1.165) is 28.8 Å². The molecular formula is C15H23ClIN3O. The predicted octanol–water partition coefficient (Wildman–Crippen LogP) is 2.71. The van der Waals surface area contributed by atoms with E-state index in [1.165, 1.54) is 0 Å². The molecule has 118 valence electrons. The maximum atomic E-state index is 12.1. The molecule has 0 bridgehead atoms. The van der Waals surface area contributed by atoms with Crippen LogP contribution in [0.4, 0.5) is 5.69 Å². The summed E-state index contributed by atoms with van der Waals surface area (Å²) in [6.07, 6.45) is 0.948. The van der Waals surface area contributed by atoms with Crippen molar-refractivity contribution in [2.45, 2.75) is 26.3 Å². The minimum atomic E-state index is 0. The molecule has 6 heteroatoms. The molecule has 1 unspecified atom stereocenters. The van der Waals surface area contributed by atoms with Crippen molar-refractivity contribution in [1.82, 2.24) is 4.90 Å². The average molecular weight is 424 g/mol. The Hall–Kier alpha value is -0.370. The second kappa shape index (κ2) is 7.76. The van der Waals surface area contributed by atoms with E-state index in [0.29, 0.717) is 6.54 Å². The zero-order valence-electron chi connectivity index (χ0n) is 12.4. The Balaban J connectivity index is 0.00000220. The van der Waals surface area contributed by atoms with Crippen LogP contribution in [-0.2, 0) is 4.79 Å². The van der Waals surface area contributed by atoms with Gasteiger partial charge in [-0.2, -0.15) is 0 Å². The number of anilines is 1. The molecule has 1 aliphatic rings. The van der Waals surface area contributed by atoms with Crippen LogP contribution in [0.15, 0.2) is 24.3 Å². The predicted molar refractivity (Wildman–Crippen MR) is 97.9 cm³/mol. The molecule has 3 N–H and O–H groups in total. The maximum Gasteiger partial charge on any atom is 0.238 e. The summed E-state index contributed by atoms with van der Waals surface area (Å²) in [4.78, 5) is 14.3. The molecule has 1 aromatic carbocycles. The van der Waals surface area contributed by atoms with Gasteiger partial charge >= 0.3 is 0 Å². The molecule has 1 aromatic rings. The first-order valence-corrected chi connectivity index (χ1v) is 7.99. The summed E-state index contributed by atoms with van der Waals surface area (Å²) in [6, 6.07) is 8.03. The number of benzene rings is 1. The highest BCUT2D eigenvalue weighted by atomic mass is 127. The van der Waals surface area contributed by atoms with Gasteiger partial charge in [-0.3, -0.25) is 9.69 Å². The van der Waals surface area contributed by atoms with Gasteiger partial charge in [-0.1, -0.05) is 26.0 Å². The van der Waals surface area contributed by atoms with Crippen molar-refractivity contribution in [2.24, 2.45) is 11.1 Å². The third kappa shape index (κ3) is 5.09. The molecule has 1 fully saturated rings. The van der Waals surface area contributed by atoms with E-state index in [-0.39, 0.29) is 29.8 Å². The van der Waals surface area contributed by atoms with Gasteiger partial charge in [0.15, 0.2) is 0 Å². The summed E-state index contributed by atoms with van der Waals surface area (Å²) in [5.74, 6) is 0.0420. The Morgan fingerprint density at radius 2 is 2.14 bits per heavy atom. The van der Waals surface area contributed by atoms with Gasteiger partial charge in [0, 0.05) is 22.7 Å². The number of hydrogen-bond acceptors (Lipinski definition) is 3. The SMILES string of the molecule is CC1(C)CN(CC(=O)Nc2ccccc2I)CCC1N.Cl. The number of piperidine rings is 1. The molecule has 0 radical (unpaired) electrons. The van der Waals surface area contributed by atoms with Gasteiger partial charge in [0.1, 0.15) is 0 Å². The third-order valence-electron chi connectivity index (χ3n) is 3.91. The van der Waals surface area contributed by atoms with Crippen LogP contribution in [0, 0.1) is 8.99 Å². The van der Waals surface area contributed by atoms with E-state index in [9.17, 15) is 4.79 Å². The number of rotatable bonds is 3. The first-order chi connectivity index (χ1) is 9.38. The first kappa shape index (κ1) is 18.7. The van der Waals surface area contributed by atoms with Gasteiger partial charge in [-0.15, -0.1) is 12.4 Å². The largest absolute Gasteiger partial charge is 0.327 e. The fourth-order valence-electron chi connectivity index (χ4n) is 2.58. The standard InChI is InChI=1S/C15H22IN3O.ClH/c1-15(2)10-19(8-7-13(15)17)9-14(20)18-12-6-4-3-5-11(12)16;/h3-6,13H,7-10,17H2,1-2H3,(H,18,20);1H. The average Bonchev–Trinajstić information content (AvgIpc) is 2.36. The molecule has 0 aliphatic carbocycles. The number of nitrogens with one attached hydrogen (secondary N) is 1. The number of amides is 1. The lowest BCUT2D eigenvalue weighted by molar-refractivity contribution is -0.118. The summed E-state index contributed by atoms with van der Waals surface area (Å²) in [7, 11) is 0. The highest BCUT2D eigenvalue weighted by molar-refractivity contribution is 14.1. The maximum absolute atomic E-state index is 12.1. The number of para-hydroxylation sites is 1. The minimum Gasteiger partial charge on any atom is -0.327 e. The van der Waals surface area contributed by atoms with Crippen LogP contribution in [0.25, 0.3) is 0 Å². The molecule has 0 aromatic heterocycles. The molecule has 1 amide bonds. The van der Waals surface area contributed by atoms with Crippen LogP contribution in [0.5, 0.6) is 0 Å². The van der Waals surface area contributed by atoms with Crippen LogP contribution in [0.1, 0.15) is 20.3 Å². The van der Waals surface area contributed by atoms with E-state index in [4.69, 9.17) is 5.73 Å². The Kier molecular flexibility index (Phi) is 6.90. The molecule has 4 nitrogen and oxygen atoms in total. The number of likely N-dealkylation sites (tertiary alicyclic amines) is 1. The van der Waals surface area contributed by atoms with Gasteiger partial charge in [-0.25, -0.2) is 0 Å². The quantitative estimate of drug-likeness (QED) is 0.735. The minimum absolute atomic E-state index is 0.